The maximum Gasteiger partial charge on any atom is 0.326 e. The largest absolute Gasteiger partial charge is 0.508 e. The highest BCUT2D eigenvalue weighted by Crippen LogP contribution is 2.11. The molecule has 170 valence electrons. The van der Waals surface area contributed by atoms with Crippen LogP contribution in [0.1, 0.15) is 25.3 Å². The van der Waals surface area contributed by atoms with Crippen LogP contribution >= 0.6 is 0 Å². The van der Waals surface area contributed by atoms with Crippen molar-refractivity contribution in [2.75, 3.05) is 6.54 Å². The normalized spacial score (nSPS) is 13.4. The highest BCUT2D eigenvalue weighted by atomic mass is 16.4. The van der Waals surface area contributed by atoms with Crippen molar-refractivity contribution >= 4 is 29.6 Å². The molecule has 4 amide bonds. The number of nitrogens with one attached hydrogen (secondary N) is 3. The summed E-state index contributed by atoms with van der Waals surface area (Å²) in [5.74, 6) is -3.93. The average Bonchev–Trinajstić information content (AvgIpc) is 2.70. The number of carboxylic acids is 1. The summed E-state index contributed by atoms with van der Waals surface area (Å²) < 4.78 is 0. The quantitative estimate of drug-likeness (QED) is 0.189. The number of nitrogens with two attached hydrogens (primary N) is 2. The van der Waals surface area contributed by atoms with E-state index in [9.17, 15) is 34.2 Å². The van der Waals surface area contributed by atoms with Crippen LogP contribution in [0.25, 0.3) is 0 Å². The van der Waals surface area contributed by atoms with E-state index in [2.05, 4.69) is 16.0 Å². The van der Waals surface area contributed by atoms with Crippen molar-refractivity contribution in [3.8, 4) is 5.75 Å². The van der Waals surface area contributed by atoms with Gasteiger partial charge in [0.05, 0.1) is 12.6 Å². The summed E-state index contributed by atoms with van der Waals surface area (Å²) in [6, 6.07) is 2.55. The molecule has 3 unspecified atom stereocenters. The molecule has 0 aliphatic carbocycles. The zero-order valence-corrected chi connectivity index (χ0v) is 17.0. The molecule has 0 aromatic heterocycles. The number of aliphatic carboxylic acids is 1. The molecule has 1 aromatic carbocycles. The van der Waals surface area contributed by atoms with Crippen LogP contribution in [-0.2, 0) is 30.4 Å². The Morgan fingerprint density at radius 3 is 2.19 bits per heavy atom. The number of amides is 4. The minimum absolute atomic E-state index is 0.0229. The predicted molar refractivity (Wildman–Crippen MR) is 108 cm³/mol. The first-order valence-electron chi connectivity index (χ1n) is 9.41. The molecule has 0 aliphatic rings. The Labute approximate surface area is 178 Å². The Bertz CT molecular complexity index is 812. The molecular weight excluding hydrogens is 410 g/mol. The Balaban J connectivity index is 2.48. The van der Waals surface area contributed by atoms with Crippen LogP contribution in [0, 0.1) is 0 Å². The molecule has 0 heterocycles. The summed E-state index contributed by atoms with van der Waals surface area (Å²) >= 11 is 0. The second-order valence-corrected chi connectivity index (χ2v) is 6.89. The Morgan fingerprint density at radius 1 is 1.03 bits per heavy atom. The van der Waals surface area contributed by atoms with Crippen molar-refractivity contribution in [1.82, 2.24) is 16.0 Å². The molecule has 0 fully saturated rings. The Kier molecular flexibility index (Phi) is 9.92. The molecule has 0 radical (unpaired) electrons. The number of carbonyl (C=O) groups is 5. The van der Waals surface area contributed by atoms with E-state index in [0.29, 0.717) is 5.56 Å². The third-order valence-electron chi connectivity index (χ3n) is 4.22. The number of primary amides is 1. The third-order valence-corrected chi connectivity index (χ3v) is 4.22. The minimum atomic E-state index is -1.27. The van der Waals surface area contributed by atoms with Crippen molar-refractivity contribution in [1.29, 1.82) is 0 Å². The fraction of sp³-hybridized carbons (Fsp3) is 0.421. The second kappa shape index (κ2) is 12.1. The molecule has 0 spiro atoms. The first kappa shape index (κ1) is 25.4. The maximum atomic E-state index is 12.1. The standard InChI is InChI=1S/C19H27N5O7/c1-10(23-18(29)13(20)6-7-15(21)26)17(28)22-9-16(27)24-14(19(30)31)8-11-2-4-12(25)5-3-11/h2-5,10,13-14,25H,6-9,20H2,1H3,(H2,21,26)(H,22,28)(H,23,29)(H,24,27)(H,30,31). The molecule has 12 nitrogen and oxygen atoms in total. The van der Waals surface area contributed by atoms with Crippen LogP contribution in [0.2, 0.25) is 0 Å². The SMILES string of the molecule is CC(NC(=O)C(N)CCC(N)=O)C(=O)NCC(=O)NC(Cc1ccc(O)cc1)C(=O)O. The summed E-state index contributed by atoms with van der Waals surface area (Å²) in [7, 11) is 0. The lowest BCUT2D eigenvalue weighted by Gasteiger charge is -2.18. The maximum absolute atomic E-state index is 12.1. The highest BCUT2D eigenvalue weighted by molar-refractivity contribution is 5.92. The highest BCUT2D eigenvalue weighted by Gasteiger charge is 2.23. The lowest BCUT2D eigenvalue weighted by Crippen LogP contribution is -2.52. The van der Waals surface area contributed by atoms with Crippen LogP contribution in [-0.4, -0.2) is 64.5 Å². The number of rotatable bonds is 12. The van der Waals surface area contributed by atoms with Gasteiger partial charge in [0.2, 0.25) is 23.6 Å². The van der Waals surface area contributed by atoms with E-state index in [-0.39, 0.29) is 25.0 Å². The van der Waals surface area contributed by atoms with E-state index in [4.69, 9.17) is 11.5 Å². The van der Waals surface area contributed by atoms with Crippen LogP contribution in [0.15, 0.2) is 24.3 Å². The summed E-state index contributed by atoms with van der Waals surface area (Å²) in [5.41, 5.74) is 11.2. The number of phenolic OH excluding ortho intramolecular Hbond substituents is 1. The molecule has 12 heteroatoms. The third kappa shape index (κ3) is 9.58. The second-order valence-electron chi connectivity index (χ2n) is 6.89. The van der Waals surface area contributed by atoms with Crippen molar-refractivity contribution < 1.29 is 34.2 Å². The van der Waals surface area contributed by atoms with Gasteiger partial charge in [-0.25, -0.2) is 4.79 Å². The number of aromatic hydroxyl groups is 1. The van der Waals surface area contributed by atoms with Crippen LogP contribution in [0.5, 0.6) is 5.75 Å². The molecule has 0 saturated carbocycles. The number of benzene rings is 1. The average molecular weight is 437 g/mol. The summed E-state index contributed by atoms with van der Waals surface area (Å²) in [4.78, 5) is 58.1. The lowest BCUT2D eigenvalue weighted by atomic mass is 10.1. The molecule has 3 atom stereocenters. The predicted octanol–water partition coefficient (Wildman–Crippen LogP) is -2.28. The zero-order chi connectivity index (χ0) is 23.6. The zero-order valence-electron chi connectivity index (χ0n) is 17.0. The smallest absolute Gasteiger partial charge is 0.326 e. The van der Waals surface area contributed by atoms with Gasteiger partial charge >= 0.3 is 5.97 Å². The van der Waals surface area contributed by atoms with Gasteiger partial charge in [-0.05, 0) is 31.0 Å². The number of phenols is 1. The van der Waals surface area contributed by atoms with Crippen molar-refractivity contribution in [3.63, 3.8) is 0 Å². The number of hydrogen-bond donors (Lipinski definition) is 7. The van der Waals surface area contributed by atoms with E-state index >= 15 is 0 Å². The van der Waals surface area contributed by atoms with E-state index in [1.165, 1.54) is 31.2 Å². The van der Waals surface area contributed by atoms with Gasteiger partial charge in [-0.15, -0.1) is 0 Å². The van der Waals surface area contributed by atoms with Gasteiger partial charge in [0, 0.05) is 12.8 Å². The number of carboxylic acid groups (broad SMARTS) is 1. The van der Waals surface area contributed by atoms with E-state index in [1.807, 2.05) is 0 Å². The summed E-state index contributed by atoms with van der Waals surface area (Å²) in [6.07, 6.45) is -0.0787. The summed E-state index contributed by atoms with van der Waals surface area (Å²) in [5, 5.41) is 25.5. The first-order valence-corrected chi connectivity index (χ1v) is 9.41. The van der Waals surface area contributed by atoms with Crippen LogP contribution < -0.4 is 27.4 Å². The van der Waals surface area contributed by atoms with Gasteiger partial charge < -0.3 is 37.6 Å². The van der Waals surface area contributed by atoms with Gasteiger partial charge in [0.25, 0.3) is 0 Å². The molecule has 9 N–H and O–H groups in total. The van der Waals surface area contributed by atoms with Crippen LogP contribution in [0.4, 0.5) is 0 Å². The van der Waals surface area contributed by atoms with Gasteiger partial charge in [0.1, 0.15) is 17.8 Å². The van der Waals surface area contributed by atoms with Gasteiger partial charge in [0.15, 0.2) is 0 Å². The molecular formula is C19H27N5O7. The molecule has 31 heavy (non-hydrogen) atoms. The minimum Gasteiger partial charge on any atom is -0.508 e. The van der Waals surface area contributed by atoms with Gasteiger partial charge in [-0.1, -0.05) is 12.1 Å². The molecule has 0 saturated heterocycles. The van der Waals surface area contributed by atoms with E-state index < -0.39 is 54.3 Å². The van der Waals surface area contributed by atoms with Crippen molar-refractivity contribution in [2.45, 2.75) is 44.3 Å². The van der Waals surface area contributed by atoms with Gasteiger partial charge in [-0.2, -0.15) is 0 Å². The van der Waals surface area contributed by atoms with Crippen molar-refractivity contribution in [3.05, 3.63) is 29.8 Å². The van der Waals surface area contributed by atoms with Gasteiger partial charge in [-0.3, -0.25) is 19.2 Å². The summed E-state index contributed by atoms with van der Waals surface area (Å²) in [6.45, 7) is 0.864. The fourth-order valence-electron chi connectivity index (χ4n) is 2.45. The molecule has 1 aromatic rings. The number of hydrogen-bond acceptors (Lipinski definition) is 7. The van der Waals surface area contributed by atoms with Crippen molar-refractivity contribution in [2.24, 2.45) is 11.5 Å². The molecule has 0 aliphatic heterocycles. The monoisotopic (exact) mass is 437 g/mol. The van der Waals surface area contributed by atoms with Crippen LogP contribution in [0.3, 0.4) is 0 Å². The lowest BCUT2D eigenvalue weighted by molar-refractivity contribution is -0.141. The molecule has 1 rings (SSSR count). The molecule has 0 bridgehead atoms. The number of carbonyl (C=O) groups excluding carboxylic acids is 4. The first-order chi connectivity index (χ1) is 14.5. The topological polar surface area (TPSA) is 214 Å². The Hall–Kier alpha value is -3.67. The Morgan fingerprint density at radius 2 is 1.65 bits per heavy atom. The van der Waals surface area contributed by atoms with E-state index in [0.717, 1.165) is 0 Å². The fourth-order valence-corrected chi connectivity index (χ4v) is 2.45. The van der Waals surface area contributed by atoms with E-state index in [1.54, 1.807) is 0 Å².